The molecule has 0 aromatic heterocycles. The summed E-state index contributed by atoms with van der Waals surface area (Å²) < 4.78 is 19.3. The molecule has 0 amide bonds. The van der Waals surface area contributed by atoms with Gasteiger partial charge in [-0.25, -0.2) is 9.59 Å². The first-order valence-electron chi connectivity index (χ1n) is 48.0. The Morgan fingerprint density at radius 1 is 0.231 bits per heavy atom. The number of hydrogen-bond donors (Lipinski definition) is 4. The van der Waals surface area contributed by atoms with Crippen LogP contribution < -0.4 is 0 Å². The molecule has 0 aliphatic rings. The predicted molar refractivity (Wildman–Crippen MR) is 533 cm³/mol. The number of unbranched alkanes of at least 4 members (excludes halogenated alkanes) is 4. The lowest BCUT2D eigenvalue weighted by Crippen LogP contribution is -2.05. The Morgan fingerprint density at radius 3 is 0.700 bits per heavy atom. The molecule has 0 heterocycles. The zero-order valence-electron chi connectivity index (χ0n) is 82.8. The van der Waals surface area contributed by atoms with E-state index >= 15 is 0 Å². The first-order valence-corrected chi connectivity index (χ1v) is 48.0. The van der Waals surface area contributed by atoms with Gasteiger partial charge in [-0.1, -0.05) is 293 Å². The number of esters is 4. The van der Waals surface area contributed by atoms with Gasteiger partial charge in [-0.3, -0.25) is 28.8 Å². The van der Waals surface area contributed by atoms with Gasteiger partial charge in [0, 0.05) is 38.5 Å². The third-order valence-corrected chi connectivity index (χ3v) is 20.3. The van der Waals surface area contributed by atoms with Crippen LogP contribution in [0.2, 0.25) is 0 Å². The van der Waals surface area contributed by atoms with Crippen LogP contribution in [0.5, 0.6) is 0 Å². The molecular weight excluding hydrogens is 1630 g/mol. The van der Waals surface area contributed by atoms with E-state index in [2.05, 4.69) is 242 Å². The average molecular weight is 1790 g/mol. The summed E-state index contributed by atoms with van der Waals surface area (Å²) in [6.45, 7) is 40.1. The van der Waals surface area contributed by atoms with Gasteiger partial charge in [-0.05, 0) is 293 Å². The number of carboxylic acid groups (broad SMARTS) is 4. The van der Waals surface area contributed by atoms with Crippen molar-refractivity contribution in [3.05, 3.63) is 283 Å². The molecule has 8 rings (SSSR count). The number of benzene rings is 8. The van der Waals surface area contributed by atoms with Gasteiger partial charge in [0.1, 0.15) is 0 Å². The van der Waals surface area contributed by atoms with Crippen molar-refractivity contribution in [2.24, 2.45) is 41.4 Å². The number of aromatic carboxylic acids is 1. The van der Waals surface area contributed by atoms with Gasteiger partial charge in [0.05, 0.1) is 38.1 Å². The molecule has 0 unspecified atom stereocenters. The van der Waals surface area contributed by atoms with Crippen LogP contribution in [0.3, 0.4) is 0 Å². The van der Waals surface area contributed by atoms with Gasteiger partial charge in [0.15, 0.2) is 0 Å². The minimum Gasteiger partial charge on any atom is -0.481 e. The Labute approximate surface area is 783 Å². The van der Waals surface area contributed by atoms with Crippen molar-refractivity contribution in [3.8, 4) is 0 Å². The summed E-state index contributed by atoms with van der Waals surface area (Å²) >= 11 is 0. The van der Waals surface area contributed by atoms with Gasteiger partial charge in [0.2, 0.25) is 0 Å². The van der Waals surface area contributed by atoms with E-state index in [0.29, 0.717) is 104 Å². The van der Waals surface area contributed by atoms with E-state index in [1.807, 2.05) is 69.3 Å². The first kappa shape index (κ1) is 118. The highest BCUT2D eigenvalue weighted by atomic mass is 16.5. The predicted octanol–water partition coefficient (Wildman–Crippen LogP) is 27.0. The largest absolute Gasteiger partial charge is 0.481 e. The molecule has 0 fully saturated rings. The van der Waals surface area contributed by atoms with E-state index in [-0.39, 0.29) is 36.7 Å². The van der Waals surface area contributed by atoms with Gasteiger partial charge in [-0.2, -0.15) is 0 Å². The van der Waals surface area contributed by atoms with Crippen molar-refractivity contribution >= 4 is 47.8 Å². The van der Waals surface area contributed by atoms with Crippen LogP contribution in [0.25, 0.3) is 0 Å². The Morgan fingerprint density at radius 2 is 0.438 bits per heavy atom. The summed E-state index contributed by atoms with van der Waals surface area (Å²) in [6, 6.07) is 66.4. The summed E-state index contributed by atoms with van der Waals surface area (Å²) in [4.78, 5) is 86.3. The summed E-state index contributed by atoms with van der Waals surface area (Å²) in [5.41, 5.74) is 19.3. The van der Waals surface area contributed by atoms with Crippen LogP contribution in [0.15, 0.2) is 194 Å². The molecule has 716 valence electrons. The number of carbonyl (C=O) groups is 8. The highest BCUT2D eigenvalue weighted by molar-refractivity contribution is 5.89. The standard InChI is InChI=1S/C18H28O2.2C16H24O2.C15H22O2.C14H20O2.C13H18O2.C12H16O2.C10H12O2/c1-4-20-18(19)9-7-5-6-8-16-10-12-17(13-11-16)14-15(2)3;1-13(2)12-15-10-8-14(9-11-15)6-4-3-5-7-16(17)18;1-4-18-16(17)7-5-6-14-8-10-15(11-9-14)12-13(2)3;1-4-17-15(16)10-9-13-5-7-14(8-6-13)11-12(2)3;1-11(2)10-13-8-6-12(7-9-13)4-3-5-14(15)16;1-10(2)9-12-5-3-11(4-6-12)7-8-13(14)15;1-9(2)8-10-4-6-11(7-5-10)12(13)14-3;1-2-3-8-4-6-9(7-5-8)10(11)12/h10-13,15H,4-9,14H2,1-3H3;8-11,13H,3-7,12H2,1-2H3,(H,17,18);8-11,13H,4-7,12H2,1-3H3;5-8,12H,4,9-11H2,1-3H3;6-9,11H,3-5,10H2,1-2H3,(H,15,16);3-6,10H,7-9H2,1-2H3,(H,14,15);4-7,9H,8H2,1-3H3;4-7H,2-3H2,1H3,(H,11,12). The maximum absolute atomic E-state index is 11.2. The number of ether oxygens (including phenoxy) is 4. The third-order valence-electron chi connectivity index (χ3n) is 20.3. The number of aliphatic carboxylic acids is 3. The molecule has 0 radical (unpaired) electrons. The molecule has 0 spiro atoms. The molecular formula is C114H164O16. The zero-order valence-corrected chi connectivity index (χ0v) is 82.8. The van der Waals surface area contributed by atoms with Crippen LogP contribution in [-0.2, 0) is 138 Å². The maximum atomic E-state index is 11.2. The van der Waals surface area contributed by atoms with Crippen molar-refractivity contribution in [1.82, 2.24) is 0 Å². The molecule has 0 bridgehead atoms. The Bertz CT molecular complexity index is 4290. The van der Waals surface area contributed by atoms with Gasteiger partial charge in [-0.15, -0.1) is 0 Å². The van der Waals surface area contributed by atoms with Crippen molar-refractivity contribution < 1.29 is 77.7 Å². The number of aryl methyl sites for hydroxylation is 7. The minimum atomic E-state index is -0.863. The fourth-order valence-electron chi connectivity index (χ4n) is 14.0. The summed E-state index contributed by atoms with van der Waals surface area (Å²) in [5.74, 6) is 1.23. The van der Waals surface area contributed by atoms with E-state index in [1.165, 1.54) is 79.4 Å². The molecule has 8 aromatic rings. The lowest BCUT2D eigenvalue weighted by atomic mass is 10.00. The quantitative estimate of drug-likeness (QED) is 0.0157. The number of methoxy groups -OCH3 is 1. The summed E-state index contributed by atoms with van der Waals surface area (Å²) in [7, 11) is 1.39. The number of hydrogen-bond acceptors (Lipinski definition) is 12. The van der Waals surface area contributed by atoms with E-state index in [1.54, 1.807) is 12.1 Å². The normalized spacial score (nSPS) is 10.6. The highest BCUT2D eigenvalue weighted by Gasteiger charge is 2.11. The second-order valence-electron chi connectivity index (χ2n) is 36.5. The molecule has 0 saturated carbocycles. The zero-order chi connectivity index (χ0) is 97.0. The van der Waals surface area contributed by atoms with Gasteiger partial charge >= 0.3 is 47.8 Å². The van der Waals surface area contributed by atoms with Crippen LogP contribution in [-0.4, -0.2) is 95.1 Å². The fraction of sp³-hybridized carbons (Fsp3) is 0.509. The average Bonchev–Trinajstić information content (AvgIpc) is 0.887. The number of carbonyl (C=O) groups excluding carboxylic acids is 4. The summed E-state index contributed by atoms with van der Waals surface area (Å²) in [6.07, 6.45) is 25.1. The van der Waals surface area contributed by atoms with Crippen LogP contribution in [0.4, 0.5) is 0 Å². The molecule has 130 heavy (non-hydrogen) atoms. The second kappa shape index (κ2) is 72.2. The fourth-order valence-corrected chi connectivity index (χ4v) is 14.0. The summed E-state index contributed by atoms with van der Waals surface area (Å²) in [5, 5.41) is 34.2. The second-order valence-corrected chi connectivity index (χ2v) is 36.5. The molecule has 0 aliphatic carbocycles. The van der Waals surface area contributed by atoms with Crippen molar-refractivity contribution in [2.45, 2.75) is 311 Å². The minimum absolute atomic E-state index is 0.0643. The van der Waals surface area contributed by atoms with Crippen molar-refractivity contribution in [3.63, 3.8) is 0 Å². The molecule has 16 heteroatoms. The highest BCUT2D eigenvalue weighted by Crippen LogP contribution is 2.20. The van der Waals surface area contributed by atoms with Crippen LogP contribution >= 0.6 is 0 Å². The molecule has 16 nitrogen and oxygen atoms in total. The lowest BCUT2D eigenvalue weighted by molar-refractivity contribution is -0.144. The van der Waals surface area contributed by atoms with E-state index in [0.717, 1.165) is 147 Å². The molecule has 0 aliphatic heterocycles. The number of rotatable bonds is 47. The van der Waals surface area contributed by atoms with Crippen LogP contribution in [0.1, 0.15) is 320 Å². The number of carboxylic acids is 4. The molecule has 4 N–H and O–H groups in total. The maximum Gasteiger partial charge on any atom is 0.337 e. The SMILES string of the molecule is CC(C)Cc1ccc(CCC(=O)O)cc1.CC(C)Cc1ccc(CCCC(=O)O)cc1.CC(C)Cc1ccc(CCCCCC(=O)O)cc1.CCCc1ccc(C(=O)O)cc1.CCOC(=O)CCCCCc1ccc(CC(C)C)cc1.CCOC(=O)CCCc1ccc(CC(C)C)cc1.CCOC(=O)CCc1ccc(CC(C)C)cc1.COC(=O)c1ccc(CC(C)C)cc1. The smallest absolute Gasteiger partial charge is 0.337 e. The molecule has 0 atom stereocenters. The molecule has 0 saturated heterocycles. The van der Waals surface area contributed by atoms with Crippen LogP contribution in [0, 0.1) is 41.4 Å². The Balaban J connectivity index is 0.000000745. The van der Waals surface area contributed by atoms with E-state index in [4.69, 9.17) is 34.6 Å². The lowest BCUT2D eigenvalue weighted by Gasteiger charge is -2.06. The van der Waals surface area contributed by atoms with Crippen molar-refractivity contribution in [1.29, 1.82) is 0 Å². The van der Waals surface area contributed by atoms with Gasteiger partial charge < -0.3 is 39.4 Å². The topological polar surface area (TPSA) is 254 Å². The monoisotopic (exact) mass is 1790 g/mol. The van der Waals surface area contributed by atoms with E-state index in [9.17, 15) is 38.4 Å². The first-order chi connectivity index (χ1) is 61.9. The molecule has 8 aromatic carbocycles. The van der Waals surface area contributed by atoms with Crippen molar-refractivity contribution in [2.75, 3.05) is 26.9 Å². The van der Waals surface area contributed by atoms with E-state index < -0.39 is 23.9 Å². The van der Waals surface area contributed by atoms with Gasteiger partial charge in [0.25, 0.3) is 0 Å². The third kappa shape index (κ3) is 64.3. The Hall–Kier alpha value is -10.5. The Kier molecular flexibility index (Phi) is 65.3.